The topological polar surface area (TPSA) is 75.7 Å². The first-order chi connectivity index (χ1) is 15.0. The zero-order valence-corrected chi connectivity index (χ0v) is 18.6. The number of amides is 1. The van der Waals surface area contributed by atoms with Crippen molar-refractivity contribution in [3.8, 4) is 5.75 Å². The number of rotatable bonds is 6. The van der Waals surface area contributed by atoms with E-state index in [0.29, 0.717) is 19.0 Å². The van der Waals surface area contributed by atoms with Crippen molar-refractivity contribution in [2.24, 2.45) is 5.92 Å². The molecule has 1 saturated heterocycles. The van der Waals surface area contributed by atoms with E-state index < -0.39 is 27.7 Å². The maximum Gasteiger partial charge on any atom is 0.416 e. The van der Waals surface area contributed by atoms with Crippen molar-refractivity contribution >= 4 is 15.9 Å². The summed E-state index contributed by atoms with van der Waals surface area (Å²) in [5.74, 6) is -0.0316. The highest BCUT2D eigenvalue weighted by Gasteiger charge is 2.31. The molecule has 1 aliphatic rings. The molecule has 0 radical (unpaired) electrons. The number of piperidine rings is 1. The molecule has 1 heterocycles. The van der Waals surface area contributed by atoms with Crippen LogP contribution in [0.15, 0.2) is 47.4 Å². The first kappa shape index (κ1) is 24.1. The fourth-order valence-corrected chi connectivity index (χ4v) is 5.03. The number of benzene rings is 2. The Morgan fingerprint density at radius 1 is 1.16 bits per heavy atom. The second-order valence-electron chi connectivity index (χ2n) is 7.83. The van der Waals surface area contributed by atoms with Crippen molar-refractivity contribution in [3.63, 3.8) is 0 Å². The van der Waals surface area contributed by atoms with Gasteiger partial charge in [0.2, 0.25) is 10.0 Å². The number of carbonyl (C=O) groups excluding carboxylic acids is 1. The molecule has 32 heavy (non-hydrogen) atoms. The fourth-order valence-electron chi connectivity index (χ4n) is 3.53. The van der Waals surface area contributed by atoms with E-state index in [4.69, 9.17) is 4.74 Å². The Bertz CT molecular complexity index is 1080. The monoisotopic (exact) mass is 470 g/mol. The number of halogens is 3. The quantitative estimate of drug-likeness (QED) is 0.691. The van der Waals surface area contributed by atoms with Crippen LogP contribution in [0.5, 0.6) is 5.75 Å². The number of hydrogen-bond acceptors (Lipinski definition) is 4. The lowest BCUT2D eigenvalue weighted by molar-refractivity contribution is -0.137. The lowest BCUT2D eigenvalue weighted by atomic mass is 10.0. The van der Waals surface area contributed by atoms with Crippen LogP contribution in [-0.2, 0) is 22.7 Å². The fraction of sp³-hybridized carbons (Fsp3) is 0.409. The van der Waals surface area contributed by atoms with Crippen LogP contribution < -0.4 is 10.1 Å². The standard InChI is InChI=1S/C22H25F3N2O4S/c1-15-8-10-27(11-9-15)32(29,30)18-6-7-20(31-2)19(13-18)21(28)26-14-16-4-3-5-17(12-16)22(23,24)25/h3-7,12-13,15H,8-11,14H2,1-2H3,(H,26,28). The molecule has 1 amide bonds. The van der Waals surface area contributed by atoms with Crippen molar-refractivity contribution < 1.29 is 31.1 Å². The summed E-state index contributed by atoms with van der Waals surface area (Å²) in [4.78, 5) is 12.7. The van der Waals surface area contributed by atoms with Gasteiger partial charge >= 0.3 is 6.18 Å². The Morgan fingerprint density at radius 2 is 1.84 bits per heavy atom. The highest BCUT2D eigenvalue weighted by atomic mass is 32.2. The lowest BCUT2D eigenvalue weighted by Crippen LogP contribution is -2.38. The van der Waals surface area contributed by atoms with Gasteiger partial charge in [0.05, 0.1) is 23.1 Å². The highest BCUT2D eigenvalue weighted by Crippen LogP contribution is 2.30. The van der Waals surface area contributed by atoms with Crippen LogP contribution in [-0.4, -0.2) is 38.8 Å². The Labute approximate surface area is 185 Å². The van der Waals surface area contributed by atoms with Gasteiger partial charge in [-0.1, -0.05) is 19.1 Å². The summed E-state index contributed by atoms with van der Waals surface area (Å²) in [5.41, 5.74) is -0.560. The third-order valence-corrected chi connectivity index (χ3v) is 7.40. The van der Waals surface area contributed by atoms with E-state index in [9.17, 15) is 26.4 Å². The second kappa shape index (κ2) is 9.50. The van der Waals surface area contributed by atoms with Gasteiger partial charge in [0.15, 0.2) is 0 Å². The second-order valence-corrected chi connectivity index (χ2v) is 9.77. The molecule has 10 heteroatoms. The predicted molar refractivity (Wildman–Crippen MR) is 113 cm³/mol. The molecule has 1 fully saturated rings. The molecule has 2 aromatic rings. The lowest BCUT2D eigenvalue weighted by Gasteiger charge is -2.29. The van der Waals surface area contributed by atoms with Crippen molar-refractivity contribution in [2.45, 2.75) is 37.4 Å². The molecule has 0 saturated carbocycles. The van der Waals surface area contributed by atoms with Crippen LogP contribution in [0.1, 0.15) is 41.3 Å². The average Bonchev–Trinajstić information content (AvgIpc) is 2.77. The third kappa shape index (κ3) is 5.42. The first-order valence-corrected chi connectivity index (χ1v) is 11.6. The normalized spacial score (nSPS) is 16.0. The number of alkyl halides is 3. The summed E-state index contributed by atoms with van der Waals surface area (Å²) in [5, 5.41) is 2.54. The SMILES string of the molecule is COc1ccc(S(=O)(=O)N2CCC(C)CC2)cc1C(=O)NCc1cccc(C(F)(F)F)c1. The summed E-state index contributed by atoms with van der Waals surface area (Å²) in [6, 6.07) is 8.66. The Hall–Kier alpha value is -2.59. The number of sulfonamides is 1. The molecule has 0 atom stereocenters. The van der Waals surface area contributed by atoms with Gasteiger partial charge in [-0.25, -0.2) is 8.42 Å². The molecule has 0 unspecified atom stereocenters. The van der Waals surface area contributed by atoms with Gasteiger partial charge < -0.3 is 10.1 Å². The minimum Gasteiger partial charge on any atom is -0.496 e. The summed E-state index contributed by atoms with van der Waals surface area (Å²) in [6.07, 6.45) is -2.96. The largest absolute Gasteiger partial charge is 0.496 e. The molecular weight excluding hydrogens is 445 g/mol. The molecule has 0 aliphatic carbocycles. The molecule has 1 N–H and O–H groups in total. The van der Waals surface area contributed by atoms with Crippen molar-refractivity contribution in [1.82, 2.24) is 9.62 Å². The van der Waals surface area contributed by atoms with E-state index in [1.165, 1.54) is 41.7 Å². The third-order valence-electron chi connectivity index (χ3n) is 5.50. The van der Waals surface area contributed by atoms with Gasteiger partial charge in [-0.05, 0) is 54.7 Å². The predicted octanol–water partition coefficient (Wildman–Crippen LogP) is 4.06. The van der Waals surface area contributed by atoms with E-state index in [0.717, 1.165) is 25.0 Å². The van der Waals surface area contributed by atoms with Crippen LogP contribution in [0.3, 0.4) is 0 Å². The van der Waals surface area contributed by atoms with Gasteiger partial charge in [-0.15, -0.1) is 0 Å². The van der Waals surface area contributed by atoms with E-state index in [2.05, 4.69) is 12.2 Å². The molecule has 1 aliphatic heterocycles. The molecule has 0 aromatic heterocycles. The average molecular weight is 471 g/mol. The van der Waals surface area contributed by atoms with E-state index >= 15 is 0 Å². The Balaban J connectivity index is 1.80. The number of nitrogens with one attached hydrogen (secondary N) is 1. The molecule has 0 spiro atoms. The summed E-state index contributed by atoms with van der Waals surface area (Å²) >= 11 is 0. The van der Waals surface area contributed by atoms with Gasteiger partial charge in [0, 0.05) is 19.6 Å². The van der Waals surface area contributed by atoms with Crippen LogP contribution >= 0.6 is 0 Å². The van der Waals surface area contributed by atoms with Gasteiger partial charge in [-0.3, -0.25) is 4.79 Å². The number of methoxy groups -OCH3 is 1. The Morgan fingerprint density at radius 3 is 2.47 bits per heavy atom. The van der Waals surface area contributed by atoms with E-state index in [-0.39, 0.29) is 28.3 Å². The molecule has 0 bridgehead atoms. The van der Waals surface area contributed by atoms with Crippen LogP contribution in [0.25, 0.3) is 0 Å². The van der Waals surface area contributed by atoms with Crippen LogP contribution in [0.4, 0.5) is 13.2 Å². The van der Waals surface area contributed by atoms with Gasteiger partial charge in [0.25, 0.3) is 5.91 Å². The first-order valence-electron chi connectivity index (χ1n) is 10.1. The number of carbonyl (C=O) groups is 1. The minimum atomic E-state index is -4.49. The zero-order chi connectivity index (χ0) is 23.5. The molecule has 6 nitrogen and oxygen atoms in total. The Kier molecular flexibility index (Phi) is 7.14. The van der Waals surface area contributed by atoms with Gasteiger partial charge in [0.1, 0.15) is 5.75 Å². The molecule has 174 valence electrons. The molecule has 3 rings (SSSR count). The van der Waals surface area contributed by atoms with Gasteiger partial charge in [-0.2, -0.15) is 17.5 Å². The van der Waals surface area contributed by atoms with E-state index in [1.807, 2.05) is 0 Å². The summed E-state index contributed by atoms with van der Waals surface area (Å²) in [7, 11) is -2.44. The molecular formula is C22H25F3N2O4S. The van der Waals surface area contributed by atoms with Crippen molar-refractivity contribution in [3.05, 3.63) is 59.2 Å². The van der Waals surface area contributed by atoms with E-state index in [1.54, 1.807) is 0 Å². The van der Waals surface area contributed by atoms with Crippen LogP contribution in [0, 0.1) is 5.92 Å². The van der Waals surface area contributed by atoms with Crippen LogP contribution in [0.2, 0.25) is 0 Å². The molecule has 2 aromatic carbocycles. The van der Waals surface area contributed by atoms with Crippen molar-refractivity contribution in [2.75, 3.05) is 20.2 Å². The number of ether oxygens (including phenoxy) is 1. The maximum atomic E-state index is 13.0. The summed E-state index contributed by atoms with van der Waals surface area (Å²) < 4.78 is 71.3. The smallest absolute Gasteiger partial charge is 0.416 e. The number of nitrogens with zero attached hydrogens (tertiary/aromatic N) is 1. The summed E-state index contributed by atoms with van der Waals surface area (Å²) in [6.45, 7) is 2.73. The maximum absolute atomic E-state index is 13.0. The number of hydrogen-bond donors (Lipinski definition) is 1. The minimum absolute atomic E-state index is 0.00840. The highest BCUT2D eigenvalue weighted by molar-refractivity contribution is 7.89. The van der Waals surface area contributed by atoms with Crippen molar-refractivity contribution in [1.29, 1.82) is 0 Å². The zero-order valence-electron chi connectivity index (χ0n) is 17.8.